The van der Waals surface area contributed by atoms with Crippen LogP contribution in [0.5, 0.6) is 0 Å². The second-order valence-electron chi connectivity index (χ2n) is 4.61. The number of rotatable bonds is 3. The molecule has 2 heterocycles. The third kappa shape index (κ3) is 2.15. The molecule has 0 spiro atoms. The molecule has 0 radical (unpaired) electrons. The van der Waals surface area contributed by atoms with Crippen molar-refractivity contribution in [3.05, 3.63) is 64.1 Å². The average Bonchev–Trinajstić information content (AvgIpc) is 2.86. The topological polar surface area (TPSA) is 24.9 Å². The van der Waals surface area contributed by atoms with E-state index in [0.717, 1.165) is 5.69 Å². The lowest BCUT2D eigenvalue weighted by Gasteiger charge is -2.17. The Bertz CT molecular complexity index is 697. The molecule has 1 atom stereocenters. The van der Waals surface area contributed by atoms with Gasteiger partial charge >= 0.3 is 0 Å². The van der Waals surface area contributed by atoms with Gasteiger partial charge in [0.15, 0.2) is 0 Å². The summed E-state index contributed by atoms with van der Waals surface area (Å²) in [5, 5.41) is 8.00. The summed E-state index contributed by atoms with van der Waals surface area (Å²) in [5.74, 6) is 0. The fourth-order valence-corrected chi connectivity index (χ4v) is 3.48. The first-order chi connectivity index (χ1) is 9.31. The number of pyridine rings is 1. The number of nitrogens with one attached hydrogen (secondary N) is 1. The van der Waals surface area contributed by atoms with Gasteiger partial charge in [0.25, 0.3) is 0 Å². The Morgan fingerprint density at radius 1 is 1.16 bits per heavy atom. The number of aromatic nitrogens is 1. The van der Waals surface area contributed by atoms with E-state index in [9.17, 15) is 0 Å². The van der Waals surface area contributed by atoms with Gasteiger partial charge in [-0.1, -0.05) is 24.3 Å². The van der Waals surface area contributed by atoms with Crippen molar-refractivity contribution >= 4 is 22.1 Å². The molecule has 3 heteroatoms. The maximum atomic E-state index is 4.62. The molecule has 0 aliphatic carbocycles. The quantitative estimate of drug-likeness (QED) is 0.779. The normalized spacial score (nSPS) is 12.7. The molecular formula is C16H16N2S. The Labute approximate surface area is 117 Å². The van der Waals surface area contributed by atoms with E-state index in [1.807, 2.05) is 13.2 Å². The van der Waals surface area contributed by atoms with Crippen LogP contribution < -0.4 is 5.32 Å². The van der Waals surface area contributed by atoms with Crippen molar-refractivity contribution in [1.29, 1.82) is 0 Å². The van der Waals surface area contributed by atoms with Crippen LogP contribution in [0, 0.1) is 6.92 Å². The molecule has 3 aromatic rings. The Hall–Kier alpha value is -1.71. The summed E-state index contributed by atoms with van der Waals surface area (Å²) >= 11 is 1.78. The smallest absolute Gasteiger partial charge is 0.0851 e. The van der Waals surface area contributed by atoms with Crippen molar-refractivity contribution in [3.63, 3.8) is 0 Å². The molecule has 19 heavy (non-hydrogen) atoms. The second-order valence-corrected chi connectivity index (χ2v) is 5.55. The van der Waals surface area contributed by atoms with Gasteiger partial charge in [0.2, 0.25) is 0 Å². The molecule has 0 bridgehead atoms. The molecule has 0 aliphatic heterocycles. The average molecular weight is 268 g/mol. The van der Waals surface area contributed by atoms with Crippen LogP contribution in [0.25, 0.3) is 10.8 Å². The van der Waals surface area contributed by atoms with E-state index in [4.69, 9.17) is 0 Å². The number of thiophene rings is 1. The Balaban J connectivity index is 2.20. The minimum atomic E-state index is 0.158. The summed E-state index contributed by atoms with van der Waals surface area (Å²) in [6, 6.07) is 12.8. The fourth-order valence-electron chi connectivity index (χ4n) is 2.45. The predicted molar refractivity (Wildman–Crippen MR) is 81.7 cm³/mol. The highest BCUT2D eigenvalue weighted by molar-refractivity contribution is 7.10. The fraction of sp³-hybridized carbons (Fsp3) is 0.188. The summed E-state index contributed by atoms with van der Waals surface area (Å²) < 4.78 is 0. The van der Waals surface area contributed by atoms with Crippen LogP contribution in [0.4, 0.5) is 0 Å². The molecule has 2 aromatic heterocycles. The Kier molecular flexibility index (Phi) is 3.32. The van der Waals surface area contributed by atoms with E-state index in [1.165, 1.54) is 21.2 Å². The van der Waals surface area contributed by atoms with Gasteiger partial charge in [-0.15, -0.1) is 11.3 Å². The van der Waals surface area contributed by atoms with E-state index in [2.05, 4.69) is 59.0 Å². The maximum Gasteiger partial charge on any atom is 0.0851 e. The van der Waals surface area contributed by atoms with E-state index in [0.29, 0.717) is 0 Å². The van der Waals surface area contributed by atoms with Gasteiger partial charge < -0.3 is 5.32 Å². The number of aryl methyl sites for hydroxylation is 1. The summed E-state index contributed by atoms with van der Waals surface area (Å²) in [4.78, 5) is 5.96. The lowest BCUT2D eigenvalue weighted by molar-refractivity contribution is 0.685. The van der Waals surface area contributed by atoms with Crippen molar-refractivity contribution in [3.8, 4) is 0 Å². The molecule has 0 aliphatic rings. The highest BCUT2D eigenvalue weighted by Gasteiger charge is 2.18. The molecule has 1 unspecified atom stereocenters. The molecule has 2 nitrogen and oxygen atoms in total. The first kappa shape index (κ1) is 12.3. The first-order valence-corrected chi connectivity index (χ1v) is 7.24. The van der Waals surface area contributed by atoms with Crippen LogP contribution in [0.1, 0.15) is 22.2 Å². The van der Waals surface area contributed by atoms with Crippen LogP contribution >= 0.6 is 11.3 Å². The third-order valence-electron chi connectivity index (χ3n) is 3.43. The second kappa shape index (κ2) is 5.11. The monoisotopic (exact) mass is 268 g/mol. The molecular weight excluding hydrogens is 252 g/mol. The van der Waals surface area contributed by atoms with Gasteiger partial charge in [0.05, 0.1) is 11.7 Å². The number of fused-ring (bicyclic) bond motifs is 1. The zero-order valence-electron chi connectivity index (χ0n) is 11.1. The van der Waals surface area contributed by atoms with Crippen molar-refractivity contribution < 1.29 is 0 Å². The van der Waals surface area contributed by atoms with Crippen LogP contribution in [-0.2, 0) is 0 Å². The van der Waals surface area contributed by atoms with Crippen LogP contribution in [0.3, 0.4) is 0 Å². The predicted octanol–water partition coefficient (Wildman–Crippen LogP) is 3.91. The van der Waals surface area contributed by atoms with Crippen molar-refractivity contribution in [2.45, 2.75) is 13.0 Å². The lowest BCUT2D eigenvalue weighted by atomic mass is 10.0. The van der Waals surface area contributed by atoms with Gasteiger partial charge in [0.1, 0.15) is 0 Å². The van der Waals surface area contributed by atoms with E-state index < -0.39 is 0 Å². The molecule has 0 fully saturated rings. The van der Waals surface area contributed by atoms with Crippen LogP contribution in [-0.4, -0.2) is 12.0 Å². The minimum Gasteiger partial charge on any atom is -0.307 e. The molecule has 0 saturated heterocycles. The Morgan fingerprint density at radius 3 is 2.74 bits per heavy atom. The van der Waals surface area contributed by atoms with Crippen LogP contribution in [0.15, 0.2) is 48.0 Å². The molecule has 1 aromatic carbocycles. The molecule has 96 valence electrons. The van der Waals surface area contributed by atoms with Crippen molar-refractivity contribution in [2.24, 2.45) is 0 Å². The highest BCUT2D eigenvalue weighted by Crippen LogP contribution is 2.31. The van der Waals surface area contributed by atoms with Gasteiger partial charge in [-0.25, -0.2) is 0 Å². The van der Waals surface area contributed by atoms with E-state index >= 15 is 0 Å². The van der Waals surface area contributed by atoms with E-state index in [1.54, 1.807) is 11.3 Å². The summed E-state index contributed by atoms with van der Waals surface area (Å²) in [5.41, 5.74) is 2.42. The molecule has 1 N–H and O–H groups in total. The molecule has 0 amide bonds. The minimum absolute atomic E-state index is 0.158. The lowest BCUT2D eigenvalue weighted by Crippen LogP contribution is -2.18. The van der Waals surface area contributed by atoms with Gasteiger partial charge in [-0.2, -0.15) is 0 Å². The molecule has 0 saturated carbocycles. The number of hydrogen-bond acceptors (Lipinski definition) is 3. The maximum absolute atomic E-state index is 4.62. The summed E-state index contributed by atoms with van der Waals surface area (Å²) in [6.45, 7) is 2.15. The number of hydrogen-bond donors (Lipinski definition) is 1. The largest absolute Gasteiger partial charge is 0.307 e. The Morgan fingerprint density at radius 2 is 2.00 bits per heavy atom. The summed E-state index contributed by atoms with van der Waals surface area (Å²) in [7, 11) is 1.99. The zero-order valence-corrected chi connectivity index (χ0v) is 11.9. The standard InChI is InChI=1S/C16H16N2S/c1-11-8-10-19-16(11)15(17-2)14-13-6-4-3-5-12(13)7-9-18-14/h3-10,15,17H,1-2H3. The van der Waals surface area contributed by atoms with Gasteiger partial charge in [0, 0.05) is 16.5 Å². The van der Waals surface area contributed by atoms with Crippen molar-refractivity contribution in [2.75, 3.05) is 7.05 Å². The van der Waals surface area contributed by atoms with E-state index in [-0.39, 0.29) is 6.04 Å². The number of benzene rings is 1. The first-order valence-electron chi connectivity index (χ1n) is 6.36. The van der Waals surface area contributed by atoms with Gasteiger partial charge in [-0.3, -0.25) is 4.98 Å². The molecule has 3 rings (SSSR count). The summed E-state index contributed by atoms with van der Waals surface area (Å²) in [6.07, 6.45) is 1.89. The van der Waals surface area contributed by atoms with Crippen LogP contribution in [0.2, 0.25) is 0 Å². The highest BCUT2D eigenvalue weighted by atomic mass is 32.1. The van der Waals surface area contributed by atoms with Crippen molar-refractivity contribution in [1.82, 2.24) is 10.3 Å². The zero-order chi connectivity index (χ0) is 13.2. The third-order valence-corrected chi connectivity index (χ3v) is 4.51. The number of nitrogens with zero attached hydrogens (tertiary/aromatic N) is 1. The van der Waals surface area contributed by atoms with Gasteiger partial charge in [-0.05, 0) is 42.4 Å². The SMILES string of the molecule is CNC(c1sccc1C)c1nccc2ccccc12.